The second kappa shape index (κ2) is 7.90. The Hall–Kier alpha value is -4.03. The molecular weight excluding hydrogens is 434 g/mol. The van der Waals surface area contributed by atoms with Crippen LogP contribution in [0.15, 0.2) is 47.3 Å². The fourth-order valence-electron chi connectivity index (χ4n) is 3.89. The van der Waals surface area contributed by atoms with Crippen molar-refractivity contribution in [3.05, 3.63) is 69.0 Å². The van der Waals surface area contributed by atoms with E-state index in [0.717, 1.165) is 0 Å². The monoisotopic (exact) mass is 449 g/mol. The second-order valence-electron chi connectivity index (χ2n) is 7.29. The number of benzene rings is 2. The van der Waals surface area contributed by atoms with Gasteiger partial charge in [-0.15, -0.1) is 0 Å². The van der Waals surface area contributed by atoms with Crippen LogP contribution in [0.2, 0.25) is 5.02 Å². The van der Waals surface area contributed by atoms with Crippen molar-refractivity contribution >= 4 is 35.0 Å². The SMILES string of the molecule is N#CC1C(=O)Nc2nc(Nc3cccc(Cl)c3)[nH]c(=O)c2C1c1ccc2c(c1)OCCO2. The minimum Gasteiger partial charge on any atom is -0.486 e. The summed E-state index contributed by atoms with van der Waals surface area (Å²) in [5, 5.41) is 15.8. The number of aromatic nitrogens is 2. The Balaban J connectivity index is 1.59. The number of hydrogen-bond donors (Lipinski definition) is 3. The summed E-state index contributed by atoms with van der Waals surface area (Å²) in [7, 11) is 0. The van der Waals surface area contributed by atoms with Crippen molar-refractivity contribution in [1.29, 1.82) is 5.26 Å². The van der Waals surface area contributed by atoms with E-state index in [1.807, 2.05) is 6.07 Å². The van der Waals surface area contributed by atoms with Crippen LogP contribution in [0.3, 0.4) is 0 Å². The molecule has 2 atom stereocenters. The summed E-state index contributed by atoms with van der Waals surface area (Å²) in [5.41, 5.74) is 0.921. The van der Waals surface area contributed by atoms with Gasteiger partial charge in [0.25, 0.3) is 5.56 Å². The summed E-state index contributed by atoms with van der Waals surface area (Å²) < 4.78 is 11.2. The zero-order valence-corrected chi connectivity index (χ0v) is 17.3. The molecule has 3 N–H and O–H groups in total. The van der Waals surface area contributed by atoms with Gasteiger partial charge in [-0.1, -0.05) is 23.7 Å². The van der Waals surface area contributed by atoms with Crippen molar-refractivity contribution in [2.24, 2.45) is 5.92 Å². The van der Waals surface area contributed by atoms with Crippen LogP contribution in [0.4, 0.5) is 17.5 Å². The van der Waals surface area contributed by atoms with Crippen LogP contribution >= 0.6 is 11.6 Å². The quantitative estimate of drug-likeness (QED) is 0.560. The van der Waals surface area contributed by atoms with Gasteiger partial charge in [-0.2, -0.15) is 10.2 Å². The lowest BCUT2D eigenvalue weighted by atomic mass is 9.79. The molecule has 0 bridgehead atoms. The van der Waals surface area contributed by atoms with Crippen LogP contribution in [-0.4, -0.2) is 29.1 Å². The Morgan fingerprint density at radius 3 is 2.72 bits per heavy atom. The Morgan fingerprint density at radius 1 is 1.12 bits per heavy atom. The number of carbonyl (C=O) groups excluding carboxylic acids is 1. The molecule has 10 heteroatoms. The van der Waals surface area contributed by atoms with Gasteiger partial charge in [0.05, 0.1) is 11.6 Å². The number of rotatable bonds is 3. The Bertz CT molecular complexity index is 1330. The van der Waals surface area contributed by atoms with E-state index in [-0.39, 0.29) is 17.3 Å². The summed E-state index contributed by atoms with van der Waals surface area (Å²) in [6, 6.07) is 14.0. The normalized spacial score (nSPS) is 18.8. The number of hydrogen-bond acceptors (Lipinski definition) is 7. The van der Waals surface area contributed by atoms with Crippen LogP contribution in [0.5, 0.6) is 11.5 Å². The summed E-state index contributed by atoms with van der Waals surface area (Å²) in [5.74, 6) is -1.17. The standard InChI is InChI=1S/C22H16ClN5O4/c23-12-2-1-3-13(9-12)25-22-27-19-18(21(30)28-22)17(14(10-24)20(29)26-19)11-4-5-15-16(8-11)32-7-6-31-15/h1-5,8-9,14,17H,6-7H2,(H3,25,26,27,28,29,30). The van der Waals surface area contributed by atoms with Crippen molar-refractivity contribution in [3.63, 3.8) is 0 Å². The molecule has 0 aliphatic carbocycles. The molecule has 5 rings (SSSR count). The van der Waals surface area contributed by atoms with Gasteiger partial charge < -0.3 is 20.1 Å². The third-order valence-electron chi connectivity index (χ3n) is 5.28. The number of amides is 1. The molecule has 3 aromatic rings. The Morgan fingerprint density at radius 2 is 1.94 bits per heavy atom. The van der Waals surface area contributed by atoms with E-state index in [2.05, 4.69) is 20.6 Å². The van der Waals surface area contributed by atoms with Crippen molar-refractivity contribution in [3.8, 4) is 17.6 Å². The highest BCUT2D eigenvalue weighted by Gasteiger charge is 2.40. The number of nitriles is 1. The number of H-pyrrole nitrogens is 1. The van der Waals surface area contributed by atoms with Crippen molar-refractivity contribution in [1.82, 2.24) is 9.97 Å². The molecule has 0 fully saturated rings. The topological polar surface area (TPSA) is 129 Å². The van der Waals surface area contributed by atoms with Gasteiger partial charge in [0, 0.05) is 16.6 Å². The molecule has 9 nitrogen and oxygen atoms in total. The summed E-state index contributed by atoms with van der Waals surface area (Å²) >= 11 is 6.01. The molecule has 1 amide bonds. The number of halogens is 1. The molecule has 2 aromatic carbocycles. The lowest BCUT2D eigenvalue weighted by molar-refractivity contribution is -0.119. The van der Waals surface area contributed by atoms with Gasteiger partial charge in [0.1, 0.15) is 24.9 Å². The van der Waals surface area contributed by atoms with Gasteiger partial charge in [0.15, 0.2) is 11.5 Å². The molecule has 2 aliphatic rings. The molecule has 0 spiro atoms. The van der Waals surface area contributed by atoms with Crippen molar-refractivity contribution in [2.45, 2.75) is 5.92 Å². The molecule has 3 heterocycles. The van der Waals surface area contributed by atoms with E-state index in [1.165, 1.54) is 0 Å². The smallest absolute Gasteiger partial charge is 0.258 e. The number of fused-ring (bicyclic) bond motifs is 2. The third-order valence-corrected chi connectivity index (χ3v) is 5.51. The molecule has 0 radical (unpaired) electrons. The Kier molecular flexibility index (Phi) is 4.92. The zero-order valence-electron chi connectivity index (χ0n) is 16.5. The number of carbonyl (C=O) groups is 1. The van der Waals surface area contributed by atoms with Gasteiger partial charge in [-0.25, -0.2) is 0 Å². The molecule has 160 valence electrons. The predicted octanol–water partition coefficient (Wildman–Crippen LogP) is 3.16. The maximum Gasteiger partial charge on any atom is 0.258 e. The highest BCUT2D eigenvalue weighted by molar-refractivity contribution is 6.30. The first-order valence-corrected chi connectivity index (χ1v) is 10.2. The first-order valence-electron chi connectivity index (χ1n) is 9.80. The predicted molar refractivity (Wildman–Crippen MR) is 117 cm³/mol. The van der Waals surface area contributed by atoms with Crippen molar-refractivity contribution < 1.29 is 14.3 Å². The lowest BCUT2D eigenvalue weighted by Gasteiger charge is -2.29. The number of nitrogens with zero attached hydrogens (tertiary/aromatic N) is 2. The molecule has 32 heavy (non-hydrogen) atoms. The first-order chi connectivity index (χ1) is 15.5. The molecular formula is C22H16ClN5O4. The van der Waals surface area contributed by atoms with Crippen molar-refractivity contribution in [2.75, 3.05) is 23.8 Å². The molecule has 0 saturated heterocycles. The zero-order chi connectivity index (χ0) is 22.2. The maximum atomic E-state index is 13.1. The van der Waals surface area contributed by atoms with E-state index in [9.17, 15) is 14.9 Å². The van der Waals surface area contributed by atoms with E-state index >= 15 is 0 Å². The van der Waals surface area contributed by atoms with E-state index in [1.54, 1.807) is 42.5 Å². The van der Waals surface area contributed by atoms with Gasteiger partial charge in [0.2, 0.25) is 11.9 Å². The van der Waals surface area contributed by atoms with Crippen LogP contribution in [0.1, 0.15) is 17.0 Å². The van der Waals surface area contributed by atoms with Crippen LogP contribution in [0.25, 0.3) is 0 Å². The number of aromatic amines is 1. The maximum absolute atomic E-state index is 13.1. The minimum absolute atomic E-state index is 0.0923. The third kappa shape index (κ3) is 3.50. The number of anilines is 3. The molecule has 0 saturated carbocycles. The lowest BCUT2D eigenvalue weighted by Crippen LogP contribution is -2.38. The highest BCUT2D eigenvalue weighted by Crippen LogP contribution is 2.41. The van der Waals surface area contributed by atoms with Gasteiger partial charge in [-0.3, -0.25) is 14.6 Å². The van der Waals surface area contributed by atoms with Crippen LogP contribution in [0, 0.1) is 17.2 Å². The van der Waals surface area contributed by atoms with E-state index in [0.29, 0.717) is 41.0 Å². The highest BCUT2D eigenvalue weighted by atomic mass is 35.5. The van der Waals surface area contributed by atoms with Crippen LogP contribution in [-0.2, 0) is 4.79 Å². The molecule has 2 aliphatic heterocycles. The summed E-state index contributed by atoms with van der Waals surface area (Å²) in [4.78, 5) is 32.9. The largest absolute Gasteiger partial charge is 0.486 e. The van der Waals surface area contributed by atoms with Crippen LogP contribution < -0.4 is 25.7 Å². The average Bonchev–Trinajstić information content (AvgIpc) is 2.78. The van der Waals surface area contributed by atoms with E-state index < -0.39 is 23.3 Å². The number of ether oxygens (including phenoxy) is 2. The Labute approximate surface area is 187 Å². The number of nitrogens with one attached hydrogen (secondary N) is 3. The minimum atomic E-state index is -1.11. The first kappa shape index (κ1) is 19.9. The summed E-state index contributed by atoms with van der Waals surface area (Å²) in [6.45, 7) is 0.828. The molecule has 2 unspecified atom stereocenters. The molecule has 1 aromatic heterocycles. The van der Waals surface area contributed by atoms with E-state index in [4.69, 9.17) is 21.1 Å². The fourth-order valence-corrected chi connectivity index (χ4v) is 4.08. The summed E-state index contributed by atoms with van der Waals surface area (Å²) in [6.07, 6.45) is 0. The fraction of sp³-hybridized carbons (Fsp3) is 0.182. The second-order valence-corrected chi connectivity index (χ2v) is 7.73. The van der Waals surface area contributed by atoms with Gasteiger partial charge in [-0.05, 0) is 35.9 Å². The average molecular weight is 450 g/mol. The van der Waals surface area contributed by atoms with Gasteiger partial charge >= 0.3 is 0 Å².